The van der Waals surface area contributed by atoms with Gasteiger partial charge in [-0.3, -0.25) is 14.5 Å². The fraction of sp³-hybridized carbons (Fsp3) is 0.375. The van der Waals surface area contributed by atoms with Crippen molar-refractivity contribution >= 4 is 17.8 Å². The Bertz CT molecular complexity index is 640. The number of hydrogen-bond donors (Lipinski definition) is 0. The van der Waals surface area contributed by atoms with Gasteiger partial charge in [0.2, 0.25) is 0 Å². The van der Waals surface area contributed by atoms with E-state index in [2.05, 4.69) is 0 Å². The molecule has 0 aliphatic carbocycles. The summed E-state index contributed by atoms with van der Waals surface area (Å²) < 4.78 is 4.98. The third-order valence-electron chi connectivity index (χ3n) is 3.45. The predicted molar refractivity (Wildman–Crippen MR) is 76.7 cm³/mol. The Labute approximate surface area is 128 Å². The second-order valence-electron chi connectivity index (χ2n) is 5.42. The van der Waals surface area contributed by atoms with Crippen LogP contribution in [-0.4, -0.2) is 34.8 Å². The van der Waals surface area contributed by atoms with Crippen LogP contribution in [-0.2, 0) is 9.53 Å². The van der Waals surface area contributed by atoms with Crippen LogP contribution in [0, 0.1) is 17.2 Å². The van der Waals surface area contributed by atoms with Crippen molar-refractivity contribution in [3.8, 4) is 6.07 Å². The van der Waals surface area contributed by atoms with Crippen LogP contribution in [0.3, 0.4) is 0 Å². The van der Waals surface area contributed by atoms with Gasteiger partial charge < -0.3 is 4.74 Å². The summed E-state index contributed by atoms with van der Waals surface area (Å²) in [7, 11) is 0. The van der Waals surface area contributed by atoms with Crippen molar-refractivity contribution in [2.45, 2.75) is 32.9 Å². The van der Waals surface area contributed by atoms with Gasteiger partial charge in [0.1, 0.15) is 12.1 Å². The maximum absolute atomic E-state index is 12.4. The van der Waals surface area contributed by atoms with Crippen molar-refractivity contribution in [1.82, 2.24) is 4.90 Å². The van der Waals surface area contributed by atoms with Gasteiger partial charge in [0, 0.05) is 0 Å². The van der Waals surface area contributed by atoms with Gasteiger partial charge in [-0.05, 0) is 25.0 Å². The van der Waals surface area contributed by atoms with Crippen molar-refractivity contribution in [1.29, 1.82) is 5.26 Å². The molecule has 0 radical (unpaired) electrons. The first kappa shape index (κ1) is 15.7. The number of fused-ring (bicyclic) bond motifs is 1. The molecule has 0 N–H and O–H groups in total. The highest BCUT2D eigenvalue weighted by Crippen LogP contribution is 2.27. The standard InChI is InChI=1S/C16H16N2O4/c1-9(2)13(16(21)22-10(3)8-17)18-14(19)11-6-4-5-7-12(11)15(18)20/h4-7,9-10,13H,1-3H3/t10-,13-/m0/s1. The molecule has 0 unspecified atom stereocenters. The minimum absolute atomic E-state index is 0.277. The first-order valence-corrected chi connectivity index (χ1v) is 6.95. The van der Waals surface area contributed by atoms with Crippen LogP contribution < -0.4 is 0 Å². The summed E-state index contributed by atoms with van der Waals surface area (Å²) in [6.07, 6.45) is -0.941. The van der Waals surface area contributed by atoms with E-state index in [-0.39, 0.29) is 17.0 Å². The molecule has 0 saturated heterocycles. The lowest BCUT2D eigenvalue weighted by molar-refractivity contribution is -0.152. The molecule has 2 rings (SSSR count). The average Bonchev–Trinajstić information content (AvgIpc) is 2.73. The van der Waals surface area contributed by atoms with E-state index in [0.29, 0.717) is 0 Å². The van der Waals surface area contributed by atoms with Crippen LogP contribution >= 0.6 is 0 Å². The quantitative estimate of drug-likeness (QED) is 0.624. The van der Waals surface area contributed by atoms with Gasteiger partial charge in [0.15, 0.2) is 6.10 Å². The molecule has 1 aromatic carbocycles. The minimum Gasteiger partial charge on any atom is -0.446 e. The molecule has 1 aliphatic heterocycles. The van der Waals surface area contributed by atoms with Crippen molar-refractivity contribution in [3.63, 3.8) is 0 Å². The number of carbonyl (C=O) groups excluding carboxylic acids is 3. The van der Waals surface area contributed by atoms with Gasteiger partial charge >= 0.3 is 5.97 Å². The highest BCUT2D eigenvalue weighted by Gasteiger charge is 2.44. The normalized spacial score (nSPS) is 16.2. The smallest absolute Gasteiger partial charge is 0.330 e. The molecule has 0 bridgehead atoms. The highest BCUT2D eigenvalue weighted by atomic mass is 16.5. The maximum atomic E-state index is 12.4. The zero-order valence-corrected chi connectivity index (χ0v) is 12.6. The number of esters is 1. The Morgan fingerprint density at radius 3 is 2.05 bits per heavy atom. The van der Waals surface area contributed by atoms with Crippen molar-refractivity contribution in [2.75, 3.05) is 0 Å². The lowest BCUT2D eigenvalue weighted by Crippen LogP contribution is -2.49. The van der Waals surface area contributed by atoms with Crippen LogP contribution in [0.25, 0.3) is 0 Å². The molecule has 0 fully saturated rings. The number of nitrogens with zero attached hydrogens (tertiary/aromatic N) is 2. The van der Waals surface area contributed by atoms with Gasteiger partial charge in [-0.1, -0.05) is 26.0 Å². The Kier molecular flexibility index (Phi) is 4.27. The fourth-order valence-corrected chi connectivity index (χ4v) is 2.41. The molecule has 0 spiro atoms. The Hall–Kier alpha value is -2.68. The second-order valence-corrected chi connectivity index (χ2v) is 5.42. The van der Waals surface area contributed by atoms with E-state index in [0.717, 1.165) is 4.90 Å². The van der Waals surface area contributed by atoms with Gasteiger partial charge in [0.25, 0.3) is 11.8 Å². The monoisotopic (exact) mass is 300 g/mol. The fourth-order valence-electron chi connectivity index (χ4n) is 2.41. The van der Waals surface area contributed by atoms with E-state index in [4.69, 9.17) is 10.00 Å². The molecule has 0 aromatic heterocycles. The lowest BCUT2D eigenvalue weighted by Gasteiger charge is -2.27. The Morgan fingerprint density at radius 1 is 1.14 bits per heavy atom. The number of benzene rings is 1. The first-order chi connectivity index (χ1) is 10.4. The molecule has 2 atom stereocenters. The van der Waals surface area contributed by atoms with Gasteiger partial charge in [-0.25, -0.2) is 4.79 Å². The first-order valence-electron chi connectivity index (χ1n) is 6.95. The van der Waals surface area contributed by atoms with Crippen LogP contribution in [0.1, 0.15) is 41.5 Å². The molecule has 2 amide bonds. The van der Waals surface area contributed by atoms with Crippen molar-refractivity contribution < 1.29 is 19.1 Å². The summed E-state index contributed by atoms with van der Waals surface area (Å²) in [4.78, 5) is 38.1. The van der Waals surface area contributed by atoms with Crippen molar-refractivity contribution in [3.05, 3.63) is 35.4 Å². The Balaban J connectivity index is 2.36. The van der Waals surface area contributed by atoms with E-state index in [1.54, 1.807) is 44.2 Å². The predicted octanol–water partition coefficient (Wildman–Crippen LogP) is 1.76. The van der Waals surface area contributed by atoms with E-state index in [1.807, 2.05) is 0 Å². The third-order valence-corrected chi connectivity index (χ3v) is 3.45. The van der Waals surface area contributed by atoms with Gasteiger partial charge in [-0.2, -0.15) is 5.26 Å². The molecular weight excluding hydrogens is 284 g/mol. The summed E-state index contributed by atoms with van der Waals surface area (Å²) in [5.74, 6) is -2.11. The average molecular weight is 300 g/mol. The molecule has 1 aliphatic rings. The molecule has 114 valence electrons. The van der Waals surface area contributed by atoms with Crippen LogP contribution in [0.4, 0.5) is 0 Å². The number of rotatable bonds is 4. The summed E-state index contributed by atoms with van der Waals surface area (Å²) in [5.41, 5.74) is 0.554. The lowest BCUT2D eigenvalue weighted by atomic mass is 10.0. The van der Waals surface area contributed by atoms with Crippen LogP contribution in [0.5, 0.6) is 0 Å². The largest absolute Gasteiger partial charge is 0.446 e. The Morgan fingerprint density at radius 2 is 1.64 bits per heavy atom. The second kappa shape index (κ2) is 5.98. The van der Waals surface area contributed by atoms with E-state index in [9.17, 15) is 14.4 Å². The number of imide groups is 1. The van der Waals surface area contributed by atoms with Crippen LogP contribution in [0.2, 0.25) is 0 Å². The molecule has 22 heavy (non-hydrogen) atoms. The highest BCUT2D eigenvalue weighted by molar-refractivity contribution is 6.22. The number of hydrogen-bond acceptors (Lipinski definition) is 5. The molecule has 0 saturated carbocycles. The zero-order chi connectivity index (χ0) is 16.4. The van der Waals surface area contributed by atoms with E-state index in [1.165, 1.54) is 6.92 Å². The molecule has 6 heteroatoms. The molecule has 1 heterocycles. The summed E-state index contributed by atoms with van der Waals surface area (Å²) in [6, 6.07) is 7.16. The number of amides is 2. The van der Waals surface area contributed by atoms with E-state index >= 15 is 0 Å². The zero-order valence-electron chi connectivity index (χ0n) is 12.6. The van der Waals surface area contributed by atoms with E-state index < -0.39 is 29.9 Å². The maximum Gasteiger partial charge on any atom is 0.330 e. The molecule has 1 aromatic rings. The number of ether oxygens (including phenoxy) is 1. The minimum atomic E-state index is -1.05. The SMILES string of the molecule is CC(C)[C@@H](C(=O)O[C@@H](C)C#N)N1C(=O)c2ccccc2C1=O. The van der Waals surface area contributed by atoms with Crippen LogP contribution in [0.15, 0.2) is 24.3 Å². The topological polar surface area (TPSA) is 87.5 Å². The van der Waals surface area contributed by atoms with Gasteiger partial charge in [-0.15, -0.1) is 0 Å². The van der Waals surface area contributed by atoms with Crippen molar-refractivity contribution in [2.24, 2.45) is 5.92 Å². The summed E-state index contributed by atoms with van der Waals surface area (Å²) in [6.45, 7) is 4.86. The molecular formula is C16H16N2O4. The summed E-state index contributed by atoms with van der Waals surface area (Å²) in [5, 5.41) is 8.74. The third kappa shape index (κ3) is 2.58. The number of nitriles is 1. The molecule has 6 nitrogen and oxygen atoms in total. The summed E-state index contributed by atoms with van der Waals surface area (Å²) >= 11 is 0. The van der Waals surface area contributed by atoms with Gasteiger partial charge in [0.05, 0.1) is 11.1 Å². The number of carbonyl (C=O) groups is 3.